The van der Waals surface area contributed by atoms with Crippen LogP contribution in [0.25, 0.3) is 6.08 Å². The van der Waals surface area contributed by atoms with Crippen molar-refractivity contribution < 1.29 is 5.11 Å². The number of nitrogens with one attached hydrogen (secondary N) is 1. The highest BCUT2D eigenvalue weighted by Gasteiger charge is 1.95. The normalized spacial score (nSPS) is 10.9. The zero-order chi connectivity index (χ0) is 9.52. The van der Waals surface area contributed by atoms with Gasteiger partial charge in [0.2, 0.25) is 0 Å². The molecule has 0 aliphatic heterocycles. The van der Waals surface area contributed by atoms with Crippen LogP contribution >= 0.6 is 0 Å². The van der Waals surface area contributed by atoms with Crippen LogP contribution in [0.3, 0.4) is 0 Å². The number of hydrogen-bond acceptors (Lipinski definition) is 2. The zero-order valence-corrected chi connectivity index (χ0v) is 7.83. The molecular formula is C11H15NO. The van der Waals surface area contributed by atoms with Gasteiger partial charge in [-0.1, -0.05) is 36.4 Å². The van der Waals surface area contributed by atoms with Gasteiger partial charge in [-0.05, 0) is 18.2 Å². The molecule has 0 aliphatic carbocycles. The molecule has 0 aliphatic rings. The molecule has 2 nitrogen and oxygen atoms in total. The number of aliphatic hydroxyl groups is 1. The lowest BCUT2D eigenvalue weighted by Crippen LogP contribution is -2.06. The molecule has 2 heteroatoms. The Hall–Kier alpha value is -1.12. The maximum Gasteiger partial charge on any atom is 0.0615 e. The minimum Gasteiger partial charge on any atom is -0.392 e. The fourth-order valence-electron chi connectivity index (χ4n) is 1.23. The van der Waals surface area contributed by atoms with Gasteiger partial charge in [0, 0.05) is 6.54 Å². The topological polar surface area (TPSA) is 32.3 Å². The molecule has 0 radical (unpaired) electrons. The van der Waals surface area contributed by atoms with Crippen molar-refractivity contribution in [2.45, 2.75) is 6.54 Å². The van der Waals surface area contributed by atoms with Gasteiger partial charge in [0.15, 0.2) is 0 Å². The molecule has 13 heavy (non-hydrogen) atoms. The van der Waals surface area contributed by atoms with E-state index in [0.717, 1.165) is 12.1 Å². The average molecular weight is 177 g/mol. The minimum atomic E-state index is 0.0912. The quantitative estimate of drug-likeness (QED) is 0.729. The van der Waals surface area contributed by atoms with Crippen LogP contribution in [0.5, 0.6) is 0 Å². The fourth-order valence-corrected chi connectivity index (χ4v) is 1.23. The lowest BCUT2D eigenvalue weighted by Gasteiger charge is -2.04. The second kappa shape index (κ2) is 5.51. The third kappa shape index (κ3) is 3.01. The summed E-state index contributed by atoms with van der Waals surface area (Å²) in [5.74, 6) is 0. The van der Waals surface area contributed by atoms with E-state index in [-0.39, 0.29) is 6.61 Å². The highest BCUT2D eigenvalue weighted by Crippen LogP contribution is 2.09. The maximum absolute atomic E-state index is 8.65. The largest absolute Gasteiger partial charge is 0.392 e. The predicted molar refractivity (Wildman–Crippen MR) is 55.3 cm³/mol. The molecule has 0 atom stereocenters. The van der Waals surface area contributed by atoms with Crippen molar-refractivity contribution in [2.75, 3.05) is 13.7 Å². The molecule has 1 aromatic rings. The summed E-state index contributed by atoms with van der Waals surface area (Å²) in [6.07, 6.45) is 3.68. The summed E-state index contributed by atoms with van der Waals surface area (Å²) in [6.45, 7) is 0.944. The minimum absolute atomic E-state index is 0.0912. The number of benzene rings is 1. The van der Waals surface area contributed by atoms with Crippen molar-refractivity contribution in [2.24, 2.45) is 0 Å². The average Bonchev–Trinajstić information content (AvgIpc) is 2.17. The first-order valence-electron chi connectivity index (χ1n) is 4.38. The van der Waals surface area contributed by atoms with Crippen molar-refractivity contribution in [3.05, 3.63) is 41.5 Å². The van der Waals surface area contributed by atoms with E-state index in [9.17, 15) is 0 Å². The molecule has 0 fully saturated rings. The molecule has 0 saturated carbocycles. The van der Waals surface area contributed by atoms with Crippen LogP contribution in [0.1, 0.15) is 11.1 Å². The van der Waals surface area contributed by atoms with Crippen molar-refractivity contribution in [3.8, 4) is 0 Å². The molecule has 1 aromatic carbocycles. The molecule has 2 N–H and O–H groups in total. The molecule has 0 aromatic heterocycles. The SMILES string of the molecule is CNCc1ccccc1C=CCO. The van der Waals surface area contributed by atoms with E-state index < -0.39 is 0 Å². The van der Waals surface area contributed by atoms with E-state index >= 15 is 0 Å². The van der Waals surface area contributed by atoms with E-state index in [0.29, 0.717) is 0 Å². The molecule has 0 amide bonds. The van der Waals surface area contributed by atoms with Gasteiger partial charge in [0.1, 0.15) is 0 Å². The first kappa shape index (κ1) is 9.96. The number of rotatable bonds is 4. The van der Waals surface area contributed by atoms with E-state index in [1.165, 1.54) is 5.56 Å². The summed E-state index contributed by atoms with van der Waals surface area (Å²) >= 11 is 0. The van der Waals surface area contributed by atoms with Crippen molar-refractivity contribution >= 4 is 6.08 Å². The summed E-state index contributed by atoms with van der Waals surface area (Å²) in [4.78, 5) is 0. The molecule has 0 saturated heterocycles. The molecule has 0 bridgehead atoms. The first-order valence-corrected chi connectivity index (χ1v) is 4.38. The lowest BCUT2D eigenvalue weighted by molar-refractivity contribution is 0.343. The van der Waals surface area contributed by atoms with E-state index in [4.69, 9.17) is 5.11 Å². The second-order valence-electron chi connectivity index (χ2n) is 2.81. The molecule has 0 heterocycles. The molecule has 0 spiro atoms. The van der Waals surface area contributed by atoms with Crippen LogP contribution in [0.4, 0.5) is 0 Å². The van der Waals surface area contributed by atoms with Gasteiger partial charge in [-0.2, -0.15) is 0 Å². The van der Waals surface area contributed by atoms with Gasteiger partial charge in [0.25, 0.3) is 0 Å². The van der Waals surface area contributed by atoms with Gasteiger partial charge >= 0.3 is 0 Å². The smallest absolute Gasteiger partial charge is 0.0615 e. The monoisotopic (exact) mass is 177 g/mol. The number of aliphatic hydroxyl groups excluding tert-OH is 1. The van der Waals surface area contributed by atoms with Crippen molar-refractivity contribution in [1.29, 1.82) is 0 Å². The summed E-state index contributed by atoms with van der Waals surface area (Å²) < 4.78 is 0. The highest BCUT2D eigenvalue weighted by atomic mass is 16.2. The summed E-state index contributed by atoms with van der Waals surface area (Å²) in [7, 11) is 1.92. The summed E-state index contributed by atoms with van der Waals surface area (Å²) in [5, 5.41) is 11.8. The Balaban J connectivity index is 2.84. The van der Waals surface area contributed by atoms with Crippen LogP contribution in [-0.4, -0.2) is 18.8 Å². The Bertz CT molecular complexity index is 281. The van der Waals surface area contributed by atoms with Crippen LogP contribution < -0.4 is 5.32 Å². The fraction of sp³-hybridized carbons (Fsp3) is 0.273. The Morgan fingerprint density at radius 1 is 1.38 bits per heavy atom. The van der Waals surface area contributed by atoms with Gasteiger partial charge in [-0.3, -0.25) is 0 Å². The van der Waals surface area contributed by atoms with E-state index in [2.05, 4.69) is 11.4 Å². The molecular weight excluding hydrogens is 162 g/mol. The van der Waals surface area contributed by atoms with E-state index in [1.807, 2.05) is 31.3 Å². The number of hydrogen-bond donors (Lipinski definition) is 2. The van der Waals surface area contributed by atoms with Crippen molar-refractivity contribution in [1.82, 2.24) is 5.32 Å². The standard InChI is InChI=1S/C11H15NO/c1-12-9-11-6-3-2-5-10(11)7-4-8-13/h2-7,12-13H,8-9H2,1H3. The second-order valence-corrected chi connectivity index (χ2v) is 2.81. The van der Waals surface area contributed by atoms with Gasteiger partial charge in [-0.15, -0.1) is 0 Å². The van der Waals surface area contributed by atoms with Crippen LogP contribution in [0, 0.1) is 0 Å². The third-order valence-electron chi connectivity index (χ3n) is 1.83. The Morgan fingerprint density at radius 2 is 2.15 bits per heavy atom. The molecule has 70 valence electrons. The molecule has 1 rings (SSSR count). The van der Waals surface area contributed by atoms with Crippen LogP contribution in [-0.2, 0) is 6.54 Å². The van der Waals surface area contributed by atoms with Crippen LogP contribution in [0.15, 0.2) is 30.3 Å². The molecule has 0 unspecified atom stereocenters. The Kier molecular flexibility index (Phi) is 4.23. The van der Waals surface area contributed by atoms with Crippen molar-refractivity contribution in [3.63, 3.8) is 0 Å². The summed E-state index contributed by atoms with van der Waals surface area (Å²) in [6, 6.07) is 8.13. The predicted octanol–water partition coefficient (Wildman–Crippen LogP) is 1.41. The Labute approximate surface area is 78.9 Å². The van der Waals surface area contributed by atoms with Gasteiger partial charge < -0.3 is 10.4 Å². The van der Waals surface area contributed by atoms with E-state index in [1.54, 1.807) is 6.08 Å². The maximum atomic E-state index is 8.65. The van der Waals surface area contributed by atoms with Gasteiger partial charge in [0.05, 0.1) is 6.61 Å². The summed E-state index contributed by atoms with van der Waals surface area (Å²) in [5.41, 5.74) is 2.40. The van der Waals surface area contributed by atoms with Crippen LogP contribution in [0.2, 0.25) is 0 Å². The zero-order valence-electron chi connectivity index (χ0n) is 7.83. The first-order chi connectivity index (χ1) is 6.38. The Morgan fingerprint density at radius 3 is 2.85 bits per heavy atom. The lowest BCUT2D eigenvalue weighted by atomic mass is 10.1. The third-order valence-corrected chi connectivity index (χ3v) is 1.83. The highest BCUT2D eigenvalue weighted by molar-refractivity contribution is 5.53. The van der Waals surface area contributed by atoms with Gasteiger partial charge in [-0.25, -0.2) is 0 Å².